The van der Waals surface area contributed by atoms with Crippen molar-refractivity contribution in [1.29, 1.82) is 0 Å². The van der Waals surface area contributed by atoms with Crippen LogP contribution in [0.3, 0.4) is 0 Å². The van der Waals surface area contributed by atoms with Crippen LogP contribution in [0.25, 0.3) is 0 Å². The van der Waals surface area contributed by atoms with E-state index in [2.05, 4.69) is 60.0 Å². The second kappa shape index (κ2) is 8.40. The number of hydrogen-bond acceptors (Lipinski definition) is 4. The Morgan fingerprint density at radius 2 is 1.68 bits per heavy atom. The molecule has 1 unspecified atom stereocenters. The lowest BCUT2D eigenvalue weighted by atomic mass is 9.33. The van der Waals surface area contributed by atoms with Gasteiger partial charge < -0.3 is 5.73 Å². The summed E-state index contributed by atoms with van der Waals surface area (Å²) in [4.78, 5) is 32.9. The highest BCUT2D eigenvalue weighted by Crippen LogP contribution is 2.75. The molecule has 4 fully saturated rings. The highest BCUT2D eigenvalue weighted by atomic mass is 16.6. The fourth-order valence-corrected chi connectivity index (χ4v) is 10.7. The maximum Gasteiger partial charge on any atom is 0.249 e. The summed E-state index contributed by atoms with van der Waals surface area (Å²) in [5, 5.41) is 0. The molecule has 0 aliphatic heterocycles. The molecule has 0 aromatic carbocycles. The van der Waals surface area contributed by atoms with Gasteiger partial charge in [-0.3, -0.25) is 14.4 Å². The molecule has 37 heavy (non-hydrogen) atoms. The fourth-order valence-electron chi connectivity index (χ4n) is 10.7. The van der Waals surface area contributed by atoms with E-state index in [1.807, 2.05) is 6.92 Å². The third kappa shape index (κ3) is 3.54. The molecule has 0 aromatic heterocycles. The molecule has 0 radical (unpaired) electrons. The van der Waals surface area contributed by atoms with Gasteiger partial charge >= 0.3 is 0 Å². The van der Waals surface area contributed by atoms with E-state index >= 15 is 0 Å². The Labute approximate surface area is 225 Å². The van der Waals surface area contributed by atoms with Crippen LogP contribution < -0.4 is 11.2 Å². The van der Waals surface area contributed by atoms with Gasteiger partial charge in [0.05, 0.1) is 6.61 Å². The van der Waals surface area contributed by atoms with E-state index in [1.54, 1.807) is 0 Å². The molecular weight excluding hydrogens is 460 g/mol. The first-order valence-electron chi connectivity index (χ1n) is 15.0. The summed E-state index contributed by atoms with van der Waals surface area (Å²) in [5.74, 6) is 1.10. The van der Waals surface area contributed by atoms with E-state index in [-0.39, 0.29) is 50.9 Å². The average Bonchev–Trinajstić information content (AvgIpc) is 2.82. The molecule has 5 heteroatoms. The molecule has 5 nitrogen and oxygen atoms in total. The molecule has 5 rings (SSSR count). The first kappa shape index (κ1) is 27.4. The SMILES string of the molecule is CCONC(=O)[C@@]1(C)CC[C@]2(C)CC[C@]3(C)C(=CC(=O)[C@@H]4[C@@]5(C)CC[C@H](N)C(C)(C)C5CC[C@]43C)[C@@H]2C1. The third-order valence-electron chi connectivity index (χ3n) is 13.5. The molecule has 0 heterocycles. The van der Waals surface area contributed by atoms with Crippen molar-refractivity contribution >= 4 is 11.7 Å². The molecular formula is C32H52N2O3. The molecule has 0 saturated heterocycles. The number of rotatable bonds is 3. The zero-order valence-electron chi connectivity index (χ0n) is 24.8. The summed E-state index contributed by atoms with van der Waals surface area (Å²) in [5.41, 5.74) is 10.3. The highest BCUT2D eigenvalue weighted by Gasteiger charge is 2.70. The molecule has 3 N–H and O–H groups in total. The number of carbonyl (C=O) groups is 2. The Kier molecular flexibility index (Phi) is 6.21. The minimum Gasteiger partial charge on any atom is -0.327 e. The smallest absolute Gasteiger partial charge is 0.249 e. The maximum absolute atomic E-state index is 14.4. The van der Waals surface area contributed by atoms with Crippen molar-refractivity contribution in [2.45, 2.75) is 119 Å². The van der Waals surface area contributed by atoms with Gasteiger partial charge in [0, 0.05) is 17.4 Å². The van der Waals surface area contributed by atoms with E-state index in [9.17, 15) is 9.59 Å². The second-order valence-corrected chi connectivity index (χ2v) is 15.6. The summed E-state index contributed by atoms with van der Waals surface area (Å²) < 4.78 is 0. The summed E-state index contributed by atoms with van der Waals surface area (Å²) in [6.45, 7) is 18.9. The topological polar surface area (TPSA) is 81.4 Å². The van der Waals surface area contributed by atoms with Gasteiger partial charge in [-0.1, -0.05) is 54.0 Å². The van der Waals surface area contributed by atoms with Crippen LogP contribution in [-0.2, 0) is 14.4 Å². The normalized spacial score (nSPS) is 50.6. The monoisotopic (exact) mass is 512 g/mol. The Hall–Kier alpha value is -1.20. The van der Waals surface area contributed by atoms with Crippen molar-refractivity contribution < 1.29 is 14.4 Å². The third-order valence-corrected chi connectivity index (χ3v) is 13.5. The zero-order valence-corrected chi connectivity index (χ0v) is 24.8. The second-order valence-electron chi connectivity index (χ2n) is 15.6. The van der Waals surface area contributed by atoms with Gasteiger partial charge in [0.2, 0.25) is 5.91 Å². The summed E-state index contributed by atoms with van der Waals surface area (Å²) in [6.07, 6.45) is 11.4. The lowest BCUT2D eigenvalue weighted by Gasteiger charge is -2.70. The molecule has 9 atom stereocenters. The Bertz CT molecular complexity index is 1020. The minimum absolute atomic E-state index is 0.00991. The van der Waals surface area contributed by atoms with Crippen LogP contribution in [0.2, 0.25) is 0 Å². The number of nitrogens with one attached hydrogen (secondary N) is 1. The van der Waals surface area contributed by atoms with Crippen LogP contribution in [-0.4, -0.2) is 24.3 Å². The molecule has 0 spiro atoms. The van der Waals surface area contributed by atoms with Crippen LogP contribution in [0.15, 0.2) is 11.6 Å². The molecule has 4 saturated carbocycles. The number of fused-ring (bicyclic) bond motifs is 7. The minimum atomic E-state index is -0.480. The van der Waals surface area contributed by atoms with Gasteiger partial charge in [-0.25, -0.2) is 5.48 Å². The standard InChI is InChI=1S/C32H52N2O3/c1-9-37-34-26(36)29(5)15-14-28(4)16-17-31(7)20(21(28)19-29)18-22(35)25-30(6)12-11-24(33)27(2,3)23(30)10-13-32(25,31)8/h18,21,23-25H,9-17,19,33H2,1-8H3,(H,34,36)/t21-,23?,24-,25+,28+,29-,30-,31+,32+/m0/s1. The van der Waals surface area contributed by atoms with E-state index in [0.29, 0.717) is 18.3 Å². The summed E-state index contributed by atoms with van der Waals surface area (Å²) in [6, 6.07) is 0.202. The number of hydrogen-bond donors (Lipinski definition) is 2. The molecule has 5 aliphatic carbocycles. The molecule has 208 valence electrons. The highest BCUT2D eigenvalue weighted by molar-refractivity contribution is 5.95. The predicted molar refractivity (Wildman–Crippen MR) is 147 cm³/mol. The largest absolute Gasteiger partial charge is 0.327 e. The van der Waals surface area contributed by atoms with Crippen molar-refractivity contribution in [3.05, 3.63) is 11.6 Å². The van der Waals surface area contributed by atoms with E-state index < -0.39 is 5.41 Å². The van der Waals surface area contributed by atoms with Gasteiger partial charge in [-0.2, -0.15) is 0 Å². The van der Waals surface area contributed by atoms with Gasteiger partial charge in [0.15, 0.2) is 5.78 Å². The summed E-state index contributed by atoms with van der Waals surface area (Å²) >= 11 is 0. The Morgan fingerprint density at radius 3 is 2.35 bits per heavy atom. The lowest BCUT2D eigenvalue weighted by Crippen LogP contribution is -2.67. The first-order valence-corrected chi connectivity index (χ1v) is 15.0. The van der Waals surface area contributed by atoms with Crippen LogP contribution in [0.1, 0.15) is 113 Å². The zero-order chi connectivity index (χ0) is 27.2. The number of nitrogens with two attached hydrogens (primary N) is 1. The van der Waals surface area contributed by atoms with E-state index in [0.717, 1.165) is 51.4 Å². The molecule has 0 aromatic rings. The van der Waals surface area contributed by atoms with E-state index in [4.69, 9.17) is 10.6 Å². The van der Waals surface area contributed by atoms with Gasteiger partial charge in [0.25, 0.3) is 0 Å². The van der Waals surface area contributed by atoms with Gasteiger partial charge in [-0.05, 0) is 110 Å². The van der Waals surface area contributed by atoms with Crippen LogP contribution in [0, 0.1) is 50.2 Å². The summed E-state index contributed by atoms with van der Waals surface area (Å²) in [7, 11) is 0. The number of hydroxylamine groups is 1. The van der Waals surface area contributed by atoms with E-state index in [1.165, 1.54) is 12.0 Å². The van der Waals surface area contributed by atoms with Gasteiger partial charge in [-0.15, -0.1) is 0 Å². The number of carbonyl (C=O) groups excluding carboxylic acids is 2. The molecule has 5 aliphatic rings. The number of amides is 1. The van der Waals surface area contributed by atoms with Crippen molar-refractivity contribution in [1.82, 2.24) is 5.48 Å². The van der Waals surface area contributed by atoms with Gasteiger partial charge in [0.1, 0.15) is 0 Å². The molecule has 0 bridgehead atoms. The average molecular weight is 513 g/mol. The van der Waals surface area contributed by atoms with Crippen LogP contribution in [0.4, 0.5) is 0 Å². The lowest BCUT2D eigenvalue weighted by molar-refractivity contribution is -0.187. The number of allylic oxidation sites excluding steroid dienone is 2. The maximum atomic E-state index is 14.4. The van der Waals surface area contributed by atoms with Crippen molar-refractivity contribution in [2.75, 3.05) is 6.61 Å². The van der Waals surface area contributed by atoms with Crippen molar-refractivity contribution in [3.63, 3.8) is 0 Å². The molecule has 1 amide bonds. The number of ketones is 1. The van der Waals surface area contributed by atoms with Crippen LogP contribution >= 0.6 is 0 Å². The predicted octanol–water partition coefficient (Wildman–Crippen LogP) is 6.36. The first-order chi connectivity index (χ1) is 17.1. The fraction of sp³-hybridized carbons (Fsp3) is 0.875. The quantitative estimate of drug-likeness (QED) is 0.431. The van der Waals surface area contributed by atoms with Crippen molar-refractivity contribution in [2.24, 2.45) is 56.0 Å². The Balaban J connectivity index is 1.56. The Morgan fingerprint density at radius 1 is 1.00 bits per heavy atom. The van der Waals surface area contributed by atoms with Crippen LogP contribution in [0.5, 0.6) is 0 Å². The van der Waals surface area contributed by atoms with Crippen molar-refractivity contribution in [3.8, 4) is 0 Å².